The van der Waals surface area contributed by atoms with Crippen LogP contribution in [0.2, 0.25) is 0 Å². The van der Waals surface area contributed by atoms with Crippen LogP contribution in [0.5, 0.6) is 0 Å². The number of hydrogen-bond acceptors (Lipinski definition) is 9. The van der Waals surface area contributed by atoms with Crippen molar-refractivity contribution in [2.75, 3.05) is 13.2 Å². The van der Waals surface area contributed by atoms with Gasteiger partial charge in [0, 0.05) is 16.9 Å². The van der Waals surface area contributed by atoms with E-state index < -0.39 is 63.5 Å². The second-order valence-corrected chi connectivity index (χ2v) is 13.7. The molecule has 15 heteroatoms. The van der Waals surface area contributed by atoms with E-state index in [-0.39, 0.29) is 47.6 Å². The molecule has 0 spiro atoms. The number of aromatic nitrogens is 3. The van der Waals surface area contributed by atoms with Crippen LogP contribution >= 0.6 is 11.8 Å². The molecule has 11 nitrogen and oxygen atoms in total. The average Bonchev–Trinajstić information content (AvgIpc) is 3.73. The maximum atomic E-state index is 16.1. The number of fused-ring (bicyclic) bond motifs is 1. The second-order valence-electron chi connectivity index (χ2n) is 12.1. The van der Waals surface area contributed by atoms with Crippen molar-refractivity contribution >= 4 is 35.6 Å². The number of thioether (sulfide) groups is 1. The van der Waals surface area contributed by atoms with Crippen molar-refractivity contribution in [1.82, 2.24) is 19.7 Å². The Morgan fingerprint density at radius 2 is 1.77 bits per heavy atom. The number of carbonyl (C=O) groups is 3. The standard InChI is InChI=1S/C37H30F3N5O6S/c1-22(52-26-17-50-32(51-18-26)9-5-2-6-24-11-10-23(16-41)14-30(24)39)37(19-44-21-42-20-43-44,29-13-12-25(38)15-31(29)40)33(36(48)49)45-34(46)27-7-3-4-8-28(27)35(45)47/h2-15,20-22,26,32-33H,17-19H2,1H3,(H,48,49)/t22-,26?,32?,33?,37+/m1/s1. The van der Waals surface area contributed by atoms with Crippen LogP contribution in [0.3, 0.4) is 0 Å². The van der Waals surface area contributed by atoms with E-state index in [0.717, 1.165) is 18.2 Å². The molecule has 0 bridgehead atoms. The highest BCUT2D eigenvalue weighted by molar-refractivity contribution is 8.00. The highest BCUT2D eigenvalue weighted by Gasteiger charge is 2.58. The summed E-state index contributed by atoms with van der Waals surface area (Å²) in [5.74, 6) is -5.87. The molecule has 1 unspecified atom stereocenters. The maximum Gasteiger partial charge on any atom is 0.327 e. The molecule has 1 saturated heterocycles. The summed E-state index contributed by atoms with van der Waals surface area (Å²) in [6, 6.07) is 12.6. The first-order valence-corrected chi connectivity index (χ1v) is 16.9. The van der Waals surface area contributed by atoms with Gasteiger partial charge in [-0.05, 0) is 42.0 Å². The van der Waals surface area contributed by atoms with E-state index in [1.807, 2.05) is 6.07 Å². The number of nitriles is 1. The molecular weight excluding hydrogens is 699 g/mol. The van der Waals surface area contributed by atoms with Gasteiger partial charge in [-0.1, -0.05) is 49.4 Å². The van der Waals surface area contributed by atoms with Crippen LogP contribution in [-0.4, -0.2) is 78.6 Å². The van der Waals surface area contributed by atoms with Crippen LogP contribution < -0.4 is 0 Å². The molecule has 266 valence electrons. The zero-order valence-electron chi connectivity index (χ0n) is 27.4. The number of aliphatic carboxylic acids is 1. The van der Waals surface area contributed by atoms with Gasteiger partial charge < -0.3 is 14.6 Å². The summed E-state index contributed by atoms with van der Waals surface area (Å²) in [6.07, 6.45) is 8.04. The topological polar surface area (TPSA) is 148 Å². The van der Waals surface area contributed by atoms with Gasteiger partial charge in [-0.2, -0.15) is 10.4 Å². The molecule has 3 heterocycles. The van der Waals surface area contributed by atoms with E-state index >= 15 is 4.39 Å². The number of rotatable bonds is 12. The fraction of sp³-hybridized carbons (Fsp3) is 0.243. The molecule has 4 aromatic rings. The van der Waals surface area contributed by atoms with E-state index in [1.54, 1.807) is 37.3 Å². The monoisotopic (exact) mass is 729 g/mol. The molecule has 1 fully saturated rings. The highest BCUT2D eigenvalue weighted by Crippen LogP contribution is 2.46. The van der Waals surface area contributed by atoms with Gasteiger partial charge in [-0.15, -0.1) is 11.8 Å². The number of amides is 2. The normalized spacial score (nSPS) is 19.8. The van der Waals surface area contributed by atoms with Gasteiger partial charge in [0.15, 0.2) is 6.29 Å². The third-order valence-electron chi connectivity index (χ3n) is 8.93. The van der Waals surface area contributed by atoms with Gasteiger partial charge in [0.1, 0.15) is 36.1 Å². The van der Waals surface area contributed by atoms with Gasteiger partial charge in [-0.25, -0.2) is 22.9 Å². The van der Waals surface area contributed by atoms with Gasteiger partial charge in [0.2, 0.25) is 0 Å². The van der Waals surface area contributed by atoms with Gasteiger partial charge in [-0.3, -0.25) is 19.2 Å². The number of halogens is 3. The van der Waals surface area contributed by atoms with Crippen LogP contribution in [0.15, 0.2) is 91.5 Å². The fourth-order valence-corrected chi connectivity index (χ4v) is 7.95. The lowest BCUT2D eigenvalue weighted by Crippen LogP contribution is -2.63. The Kier molecular flexibility index (Phi) is 10.7. The molecule has 3 aromatic carbocycles. The summed E-state index contributed by atoms with van der Waals surface area (Å²) >= 11 is 1.19. The van der Waals surface area contributed by atoms with Crippen molar-refractivity contribution < 1.29 is 42.1 Å². The molecule has 6 rings (SSSR count). The molecule has 3 atom stereocenters. The molecule has 2 aliphatic rings. The predicted octanol–water partition coefficient (Wildman–Crippen LogP) is 5.39. The van der Waals surface area contributed by atoms with Crippen LogP contribution in [0.1, 0.15) is 44.3 Å². The fourth-order valence-electron chi connectivity index (χ4n) is 6.49. The maximum absolute atomic E-state index is 16.1. The summed E-state index contributed by atoms with van der Waals surface area (Å²) in [6.45, 7) is 1.47. The number of nitrogens with zero attached hydrogens (tertiary/aromatic N) is 5. The second kappa shape index (κ2) is 15.4. The first kappa shape index (κ1) is 36.2. The van der Waals surface area contributed by atoms with Crippen LogP contribution in [0.25, 0.3) is 6.08 Å². The Labute approximate surface area is 300 Å². The SMILES string of the molecule is C[C@@H](SC1COC(C=CC=Cc2ccc(C#N)cc2F)OC1)[C@@](Cn1cncn1)(c1ccc(F)cc1F)C(C(=O)O)N1C(=O)c2ccccc2C1=O. The van der Waals surface area contributed by atoms with Crippen molar-refractivity contribution in [3.63, 3.8) is 0 Å². The molecule has 2 aliphatic heterocycles. The third-order valence-corrected chi connectivity index (χ3v) is 10.4. The molecule has 52 heavy (non-hydrogen) atoms. The zero-order chi connectivity index (χ0) is 37.0. The molecule has 0 saturated carbocycles. The molecule has 0 aliphatic carbocycles. The zero-order valence-corrected chi connectivity index (χ0v) is 28.3. The van der Waals surface area contributed by atoms with Crippen LogP contribution in [0.4, 0.5) is 13.2 Å². The Morgan fingerprint density at radius 3 is 2.37 bits per heavy atom. The third kappa shape index (κ3) is 7.13. The summed E-state index contributed by atoms with van der Waals surface area (Å²) in [5, 5.41) is 22.6. The van der Waals surface area contributed by atoms with Crippen molar-refractivity contribution in [2.24, 2.45) is 0 Å². The van der Waals surface area contributed by atoms with Crippen LogP contribution in [0, 0.1) is 28.8 Å². The van der Waals surface area contributed by atoms with Gasteiger partial charge in [0.25, 0.3) is 11.8 Å². The smallest absolute Gasteiger partial charge is 0.327 e. The lowest BCUT2D eigenvalue weighted by molar-refractivity contribution is -0.146. The quantitative estimate of drug-likeness (QED) is 0.149. The Balaban J connectivity index is 1.30. The summed E-state index contributed by atoms with van der Waals surface area (Å²) in [7, 11) is 0. The highest BCUT2D eigenvalue weighted by atomic mass is 32.2. The number of carbonyl (C=O) groups excluding carboxylic acids is 2. The molecule has 2 amide bonds. The summed E-state index contributed by atoms with van der Waals surface area (Å²) in [4.78, 5) is 45.7. The Morgan fingerprint density at radius 1 is 1.06 bits per heavy atom. The van der Waals surface area contributed by atoms with Crippen LogP contribution in [-0.2, 0) is 26.2 Å². The number of ether oxygens (including phenoxy) is 2. The van der Waals surface area contributed by atoms with E-state index in [4.69, 9.17) is 14.7 Å². The lowest BCUT2D eigenvalue weighted by atomic mass is 9.70. The summed E-state index contributed by atoms with van der Waals surface area (Å²) < 4.78 is 57.7. The molecule has 1 N–H and O–H groups in total. The van der Waals surface area contributed by atoms with Crippen molar-refractivity contribution in [3.05, 3.63) is 137 Å². The van der Waals surface area contributed by atoms with E-state index in [1.165, 1.54) is 59.4 Å². The van der Waals surface area contributed by atoms with E-state index in [9.17, 15) is 28.3 Å². The molecular formula is C37H30F3N5O6S. The van der Waals surface area contributed by atoms with Gasteiger partial charge in [0.05, 0.1) is 53.2 Å². The Hall–Kier alpha value is -5.56. The molecule has 0 radical (unpaired) electrons. The Bertz CT molecular complexity index is 2060. The number of hydrogen-bond donors (Lipinski definition) is 1. The van der Waals surface area contributed by atoms with E-state index in [0.29, 0.717) is 11.0 Å². The largest absolute Gasteiger partial charge is 0.480 e. The number of allylic oxidation sites excluding steroid dienone is 2. The number of imide groups is 1. The number of carboxylic acid groups (broad SMARTS) is 1. The first-order valence-electron chi connectivity index (χ1n) is 15.9. The van der Waals surface area contributed by atoms with Crippen molar-refractivity contribution in [3.8, 4) is 6.07 Å². The predicted molar refractivity (Wildman–Crippen MR) is 182 cm³/mol. The minimum Gasteiger partial charge on any atom is -0.480 e. The van der Waals surface area contributed by atoms with E-state index in [2.05, 4.69) is 10.1 Å². The van der Waals surface area contributed by atoms with Gasteiger partial charge >= 0.3 is 5.97 Å². The minimum atomic E-state index is -2.00. The molecule has 1 aromatic heterocycles. The first-order chi connectivity index (χ1) is 25.0. The van der Waals surface area contributed by atoms with Crippen molar-refractivity contribution in [2.45, 2.75) is 41.7 Å². The average molecular weight is 730 g/mol. The lowest BCUT2D eigenvalue weighted by Gasteiger charge is -2.46. The summed E-state index contributed by atoms with van der Waals surface area (Å²) in [5.41, 5.74) is -1.73. The number of carboxylic acids is 1. The minimum absolute atomic E-state index is 0.00153. The van der Waals surface area contributed by atoms with Crippen molar-refractivity contribution in [1.29, 1.82) is 5.26 Å². The number of benzene rings is 3.